The van der Waals surface area contributed by atoms with E-state index in [1.807, 2.05) is 12.1 Å². The minimum Gasteiger partial charge on any atom is -0.328 e. The van der Waals surface area contributed by atoms with Gasteiger partial charge in [-0.1, -0.05) is 24.9 Å². The second kappa shape index (κ2) is 5.78. The first kappa shape index (κ1) is 12.8. The van der Waals surface area contributed by atoms with E-state index >= 15 is 0 Å². The highest BCUT2D eigenvalue weighted by Gasteiger charge is 2.09. The highest BCUT2D eigenvalue weighted by Crippen LogP contribution is 2.21. The molecule has 17 heavy (non-hydrogen) atoms. The van der Waals surface area contributed by atoms with Crippen molar-refractivity contribution >= 4 is 35.3 Å². The quantitative estimate of drug-likeness (QED) is 0.813. The Balaban J connectivity index is 2.46. The van der Waals surface area contributed by atoms with E-state index in [2.05, 4.69) is 35.2 Å². The minimum atomic E-state index is 0.745. The number of unbranched alkanes of at least 4 members (excludes halogenated alkanes) is 1. The van der Waals surface area contributed by atoms with Crippen molar-refractivity contribution in [2.75, 3.05) is 5.75 Å². The Labute approximate surface area is 112 Å². The molecular weight excluding hydrogens is 252 g/mol. The molecule has 0 N–H and O–H groups in total. The van der Waals surface area contributed by atoms with E-state index in [-0.39, 0.29) is 0 Å². The molecule has 1 heterocycles. The second-order valence-electron chi connectivity index (χ2n) is 4.14. The van der Waals surface area contributed by atoms with Gasteiger partial charge in [-0.3, -0.25) is 0 Å². The number of fused-ring (bicyclic) bond motifs is 1. The van der Waals surface area contributed by atoms with Crippen molar-refractivity contribution in [1.82, 2.24) is 9.55 Å². The molecule has 1 aromatic carbocycles. The van der Waals surface area contributed by atoms with E-state index in [1.54, 1.807) is 0 Å². The molecule has 1 aromatic heterocycles. The molecule has 2 nitrogen and oxygen atoms in total. The normalized spacial score (nSPS) is 11.2. The lowest BCUT2D eigenvalue weighted by molar-refractivity contribution is 0.621. The van der Waals surface area contributed by atoms with Gasteiger partial charge in [-0.05, 0) is 30.4 Å². The van der Waals surface area contributed by atoms with Crippen molar-refractivity contribution in [1.29, 1.82) is 0 Å². The van der Waals surface area contributed by atoms with Crippen molar-refractivity contribution in [2.24, 2.45) is 0 Å². The average Bonchev–Trinajstić information content (AvgIpc) is 2.63. The van der Waals surface area contributed by atoms with Gasteiger partial charge in [0, 0.05) is 18.0 Å². The number of aromatic nitrogens is 2. The summed E-state index contributed by atoms with van der Waals surface area (Å²) in [7, 11) is 0. The molecule has 0 amide bonds. The first-order chi connectivity index (χ1) is 8.26. The zero-order valence-corrected chi connectivity index (χ0v) is 11.6. The summed E-state index contributed by atoms with van der Waals surface area (Å²) >= 11 is 10.3. The zero-order valence-electron chi connectivity index (χ0n) is 9.99. The first-order valence-corrected chi connectivity index (χ1v) is 7.02. The largest absolute Gasteiger partial charge is 0.328 e. The Kier molecular flexibility index (Phi) is 4.35. The summed E-state index contributed by atoms with van der Waals surface area (Å²) < 4.78 is 2.30. The Morgan fingerprint density at radius 1 is 1.41 bits per heavy atom. The average molecular weight is 269 g/mol. The van der Waals surface area contributed by atoms with Gasteiger partial charge >= 0.3 is 0 Å². The van der Waals surface area contributed by atoms with Crippen molar-refractivity contribution in [3.8, 4) is 0 Å². The van der Waals surface area contributed by atoms with Crippen LogP contribution in [0.2, 0.25) is 5.02 Å². The molecule has 2 aromatic rings. The van der Waals surface area contributed by atoms with Crippen LogP contribution in [0.5, 0.6) is 0 Å². The third-order valence-electron chi connectivity index (χ3n) is 2.86. The van der Waals surface area contributed by atoms with Crippen LogP contribution in [-0.2, 0) is 13.0 Å². The van der Waals surface area contributed by atoms with Gasteiger partial charge in [-0.15, -0.1) is 0 Å². The summed E-state index contributed by atoms with van der Waals surface area (Å²) in [6.45, 7) is 3.23. The van der Waals surface area contributed by atoms with E-state index < -0.39 is 0 Å². The number of imidazole rings is 1. The molecule has 0 saturated heterocycles. The first-order valence-electron chi connectivity index (χ1n) is 6.01. The highest BCUT2D eigenvalue weighted by molar-refractivity contribution is 7.80. The number of thiol groups is 1. The lowest BCUT2D eigenvalue weighted by Crippen LogP contribution is -2.04. The molecule has 0 aliphatic rings. The van der Waals surface area contributed by atoms with Crippen LogP contribution in [0, 0.1) is 0 Å². The van der Waals surface area contributed by atoms with E-state index in [4.69, 9.17) is 11.6 Å². The van der Waals surface area contributed by atoms with Crippen LogP contribution in [0.25, 0.3) is 11.0 Å². The molecule has 0 atom stereocenters. The van der Waals surface area contributed by atoms with Crippen LogP contribution < -0.4 is 0 Å². The zero-order chi connectivity index (χ0) is 12.3. The fourth-order valence-corrected chi connectivity index (χ4v) is 2.38. The van der Waals surface area contributed by atoms with Crippen molar-refractivity contribution < 1.29 is 0 Å². The molecule has 0 radical (unpaired) electrons. The topological polar surface area (TPSA) is 17.8 Å². The van der Waals surface area contributed by atoms with Crippen LogP contribution in [0.4, 0.5) is 0 Å². The summed E-state index contributed by atoms with van der Waals surface area (Å²) in [6.07, 6.45) is 3.26. The SMILES string of the molecule is CCCCn1c(CCS)nc2cc(Cl)ccc21. The summed E-state index contributed by atoms with van der Waals surface area (Å²) in [5.74, 6) is 1.94. The number of rotatable bonds is 5. The Morgan fingerprint density at radius 3 is 2.94 bits per heavy atom. The Morgan fingerprint density at radius 2 is 2.24 bits per heavy atom. The Hall–Kier alpha value is -0.670. The predicted octanol–water partition coefficient (Wildman–Crippen LogP) is 3.96. The summed E-state index contributed by atoms with van der Waals surface area (Å²) in [5.41, 5.74) is 2.17. The van der Waals surface area contributed by atoms with Gasteiger partial charge in [-0.2, -0.15) is 12.6 Å². The summed E-state index contributed by atoms with van der Waals surface area (Å²) in [6, 6.07) is 5.92. The van der Waals surface area contributed by atoms with Gasteiger partial charge in [-0.25, -0.2) is 4.98 Å². The number of halogens is 1. The molecule has 2 rings (SSSR count). The molecule has 0 unspecified atom stereocenters. The van der Waals surface area contributed by atoms with Crippen LogP contribution in [0.3, 0.4) is 0 Å². The highest BCUT2D eigenvalue weighted by atomic mass is 35.5. The molecule has 4 heteroatoms. The van der Waals surface area contributed by atoms with E-state index in [9.17, 15) is 0 Å². The Bertz CT molecular complexity index is 507. The van der Waals surface area contributed by atoms with Crippen LogP contribution in [-0.4, -0.2) is 15.3 Å². The molecule has 0 bridgehead atoms. The van der Waals surface area contributed by atoms with Gasteiger partial charge in [0.05, 0.1) is 11.0 Å². The van der Waals surface area contributed by atoms with Crippen molar-refractivity contribution in [3.63, 3.8) is 0 Å². The summed E-state index contributed by atoms with van der Waals surface area (Å²) in [5, 5.41) is 0.745. The lowest BCUT2D eigenvalue weighted by Gasteiger charge is -2.07. The number of hydrogen-bond donors (Lipinski definition) is 1. The second-order valence-corrected chi connectivity index (χ2v) is 5.02. The molecule has 0 spiro atoms. The molecule has 0 fully saturated rings. The fourth-order valence-electron chi connectivity index (χ4n) is 2.01. The van der Waals surface area contributed by atoms with Crippen molar-refractivity contribution in [3.05, 3.63) is 29.0 Å². The standard InChI is InChI=1S/C13H17ClN2S/c1-2-3-7-16-12-5-4-10(14)9-11(12)15-13(16)6-8-17/h4-5,9,17H,2-3,6-8H2,1H3. The van der Waals surface area contributed by atoms with E-state index in [1.165, 1.54) is 18.4 Å². The minimum absolute atomic E-state index is 0.745. The number of nitrogens with zero attached hydrogens (tertiary/aromatic N) is 2. The maximum atomic E-state index is 6.00. The third kappa shape index (κ3) is 2.78. The van der Waals surface area contributed by atoms with Crippen LogP contribution in [0.1, 0.15) is 25.6 Å². The monoisotopic (exact) mass is 268 g/mol. The third-order valence-corrected chi connectivity index (χ3v) is 3.32. The van der Waals surface area contributed by atoms with Gasteiger partial charge in [0.2, 0.25) is 0 Å². The van der Waals surface area contributed by atoms with Crippen LogP contribution >= 0.6 is 24.2 Å². The molecule has 0 aliphatic carbocycles. The lowest BCUT2D eigenvalue weighted by atomic mass is 10.3. The van der Waals surface area contributed by atoms with Crippen molar-refractivity contribution in [2.45, 2.75) is 32.7 Å². The number of benzene rings is 1. The van der Waals surface area contributed by atoms with Gasteiger partial charge in [0.1, 0.15) is 5.82 Å². The molecular formula is C13H17ClN2S. The predicted molar refractivity (Wildman–Crippen MR) is 77.2 cm³/mol. The van der Waals surface area contributed by atoms with E-state index in [0.717, 1.165) is 35.1 Å². The summed E-state index contributed by atoms with van der Waals surface area (Å²) in [4.78, 5) is 4.65. The number of hydrogen-bond acceptors (Lipinski definition) is 2. The van der Waals surface area contributed by atoms with Gasteiger partial charge in [0.15, 0.2) is 0 Å². The maximum absolute atomic E-state index is 6.00. The maximum Gasteiger partial charge on any atom is 0.110 e. The van der Waals surface area contributed by atoms with Gasteiger partial charge in [0.25, 0.3) is 0 Å². The molecule has 0 saturated carbocycles. The van der Waals surface area contributed by atoms with E-state index in [0.29, 0.717) is 0 Å². The fraction of sp³-hybridized carbons (Fsp3) is 0.462. The smallest absolute Gasteiger partial charge is 0.110 e. The molecule has 0 aliphatic heterocycles. The van der Waals surface area contributed by atoms with Gasteiger partial charge < -0.3 is 4.57 Å². The number of aryl methyl sites for hydroxylation is 2. The molecule has 92 valence electrons. The van der Waals surface area contributed by atoms with Crippen LogP contribution in [0.15, 0.2) is 18.2 Å².